The molecule has 0 spiro atoms. The normalized spacial score (nSPS) is 10.1. The van der Waals surface area contributed by atoms with E-state index in [1.54, 1.807) is 0 Å². The molecule has 8 heteroatoms. The first-order valence-corrected chi connectivity index (χ1v) is 5.31. The van der Waals surface area contributed by atoms with Gasteiger partial charge in [-0.2, -0.15) is 0 Å². The third-order valence-corrected chi connectivity index (χ3v) is 2.09. The molecule has 104 valence electrons. The zero-order chi connectivity index (χ0) is 14.4. The van der Waals surface area contributed by atoms with Crippen LogP contribution in [-0.2, 0) is 4.79 Å². The number of carboxylic acid groups (broad SMARTS) is 1. The fourth-order valence-electron chi connectivity index (χ4n) is 1.25. The molecule has 5 nitrogen and oxygen atoms in total. The Morgan fingerprint density at radius 1 is 1.21 bits per heavy atom. The van der Waals surface area contributed by atoms with Crippen molar-refractivity contribution in [3.63, 3.8) is 0 Å². The van der Waals surface area contributed by atoms with Gasteiger partial charge in [-0.15, -0.1) is 0 Å². The van der Waals surface area contributed by atoms with E-state index in [-0.39, 0.29) is 19.4 Å². The number of benzene rings is 1. The van der Waals surface area contributed by atoms with Gasteiger partial charge < -0.3 is 15.7 Å². The molecule has 1 aromatic rings. The monoisotopic (exact) mass is 276 g/mol. The number of hydrogen-bond donors (Lipinski definition) is 3. The van der Waals surface area contributed by atoms with Crippen LogP contribution in [-0.4, -0.2) is 23.7 Å². The Bertz CT molecular complexity index is 494. The highest BCUT2D eigenvalue weighted by molar-refractivity contribution is 5.89. The lowest BCUT2D eigenvalue weighted by Crippen LogP contribution is -2.30. The molecule has 0 aliphatic heterocycles. The van der Waals surface area contributed by atoms with Gasteiger partial charge in [0.05, 0.1) is 5.69 Å². The highest BCUT2D eigenvalue weighted by Crippen LogP contribution is 2.18. The van der Waals surface area contributed by atoms with Gasteiger partial charge in [0.15, 0.2) is 11.6 Å². The molecule has 0 aliphatic carbocycles. The van der Waals surface area contributed by atoms with Crippen LogP contribution in [0.4, 0.5) is 23.7 Å². The molecule has 0 bridgehead atoms. The summed E-state index contributed by atoms with van der Waals surface area (Å²) >= 11 is 0. The van der Waals surface area contributed by atoms with Gasteiger partial charge >= 0.3 is 12.0 Å². The number of anilines is 1. The number of carboxylic acids is 1. The zero-order valence-corrected chi connectivity index (χ0v) is 9.67. The zero-order valence-electron chi connectivity index (χ0n) is 9.67. The second-order valence-electron chi connectivity index (χ2n) is 3.63. The Morgan fingerprint density at radius 3 is 2.53 bits per heavy atom. The van der Waals surface area contributed by atoms with E-state index in [4.69, 9.17) is 5.11 Å². The fraction of sp³-hybridized carbons (Fsp3) is 0.273. The molecule has 0 saturated carbocycles. The summed E-state index contributed by atoms with van der Waals surface area (Å²) in [6.07, 6.45) is 0.0476. The highest BCUT2D eigenvalue weighted by Gasteiger charge is 2.13. The van der Waals surface area contributed by atoms with Crippen molar-refractivity contribution in [2.45, 2.75) is 12.8 Å². The Hall–Kier alpha value is -2.25. The van der Waals surface area contributed by atoms with E-state index < -0.39 is 35.1 Å². The van der Waals surface area contributed by atoms with E-state index in [2.05, 4.69) is 5.32 Å². The summed E-state index contributed by atoms with van der Waals surface area (Å²) < 4.78 is 38.8. The van der Waals surface area contributed by atoms with Crippen molar-refractivity contribution < 1.29 is 27.9 Å². The molecule has 2 amide bonds. The van der Waals surface area contributed by atoms with Gasteiger partial charge in [-0.1, -0.05) is 0 Å². The Labute approximate surface area is 106 Å². The van der Waals surface area contributed by atoms with E-state index in [0.29, 0.717) is 12.1 Å². The minimum absolute atomic E-state index is 0.0392. The topological polar surface area (TPSA) is 78.4 Å². The highest BCUT2D eigenvalue weighted by atomic mass is 19.2. The number of halogens is 3. The first kappa shape index (κ1) is 14.8. The number of rotatable bonds is 5. The predicted octanol–water partition coefficient (Wildman–Crippen LogP) is 2.09. The standard InChI is InChI=1S/C11H11F3N2O3/c12-6-4-7(13)10(14)8(5-6)16-11(19)15-3-1-2-9(17)18/h4-5H,1-3H2,(H,17,18)(H2,15,16,19). The lowest BCUT2D eigenvalue weighted by Gasteiger charge is -2.08. The van der Waals surface area contributed by atoms with Crippen molar-refractivity contribution in [2.24, 2.45) is 0 Å². The van der Waals surface area contributed by atoms with Crippen molar-refractivity contribution in [3.05, 3.63) is 29.6 Å². The quantitative estimate of drug-likeness (QED) is 0.569. The molecular weight excluding hydrogens is 265 g/mol. The molecule has 3 N–H and O–H groups in total. The van der Waals surface area contributed by atoms with Crippen LogP contribution in [0.25, 0.3) is 0 Å². The molecule has 0 saturated heterocycles. The SMILES string of the molecule is O=C(O)CCCNC(=O)Nc1cc(F)cc(F)c1F. The van der Waals surface area contributed by atoms with Crippen LogP contribution in [0, 0.1) is 17.5 Å². The number of aliphatic carboxylic acids is 1. The van der Waals surface area contributed by atoms with Gasteiger partial charge in [-0.25, -0.2) is 18.0 Å². The summed E-state index contributed by atoms with van der Waals surface area (Å²) in [6, 6.07) is 0.106. The fourth-order valence-corrected chi connectivity index (χ4v) is 1.25. The van der Waals surface area contributed by atoms with Crippen molar-refractivity contribution in [1.29, 1.82) is 0 Å². The maximum atomic E-state index is 13.2. The third-order valence-electron chi connectivity index (χ3n) is 2.09. The van der Waals surface area contributed by atoms with Crippen molar-refractivity contribution in [1.82, 2.24) is 5.32 Å². The molecule has 0 aliphatic rings. The Balaban J connectivity index is 2.51. The molecule has 1 rings (SSSR count). The van der Waals surface area contributed by atoms with Crippen molar-refractivity contribution in [2.75, 3.05) is 11.9 Å². The summed E-state index contributed by atoms with van der Waals surface area (Å²) in [5, 5.41) is 12.5. The molecular formula is C11H11F3N2O3. The van der Waals surface area contributed by atoms with Crippen LogP contribution in [0.1, 0.15) is 12.8 Å². The lowest BCUT2D eigenvalue weighted by molar-refractivity contribution is -0.137. The summed E-state index contributed by atoms with van der Waals surface area (Å²) in [4.78, 5) is 21.4. The van der Waals surface area contributed by atoms with Gasteiger partial charge in [0.2, 0.25) is 0 Å². The van der Waals surface area contributed by atoms with Gasteiger partial charge in [-0.05, 0) is 6.42 Å². The summed E-state index contributed by atoms with van der Waals surface area (Å²) in [5.41, 5.74) is -0.631. The number of carbonyl (C=O) groups is 2. The van der Waals surface area contributed by atoms with Crippen LogP contribution in [0.5, 0.6) is 0 Å². The first-order valence-electron chi connectivity index (χ1n) is 5.31. The maximum Gasteiger partial charge on any atom is 0.319 e. The molecule has 0 radical (unpaired) electrons. The average Bonchev–Trinajstić information content (AvgIpc) is 2.31. The summed E-state index contributed by atoms with van der Waals surface area (Å²) in [5.74, 6) is -4.83. The van der Waals surface area contributed by atoms with Crippen LogP contribution in [0.15, 0.2) is 12.1 Å². The molecule has 19 heavy (non-hydrogen) atoms. The predicted molar refractivity (Wildman–Crippen MR) is 60.2 cm³/mol. The largest absolute Gasteiger partial charge is 0.481 e. The Kier molecular flexibility index (Phi) is 5.16. The van der Waals surface area contributed by atoms with Gasteiger partial charge in [-0.3, -0.25) is 4.79 Å². The number of urea groups is 1. The number of nitrogens with one attached hydrogen (secondary N) is 2. The van der Waals surface area contributed by atoms with Gasteiger partial charge in [0.25, 0.3) is 0 Å². The molecule has 0 heterocycles. The minimum atomic E-state index is -1.42. The summed E-state index contributed by atoms with van der Waals surface area (Å²) in [7, 11) is 0. The number of carbonyl (C=O) groups excluding carboxylic acids is 1. The van der Waals surface area contributed by atoms with E-state index in [0.717, 1.165) is 0 Å². The van der Waals surface area contributed by atoms with Crippen molar-refractivity contribution in [3.8, 4) is 0 Å². The smallest absolute Gasteiger partial charge is 0.319 e. The molecule has 0 unspecified atom stereocenters. The van der Waals surface area contributed by atoms with E-state index in [9.17, 15) is 22.8 Å². The van der Waals surface area contributed by atoms with Gasteiger partial charge in [0.1, 0.15) is 5.82 Å². The third kappa shape index (κ3) is 4.86. The Morgan fingerprint density at radius 2 is 1.89 bits per heavy atom. The van der Waals surface area contributed by atoms with Crippen molar-refractivity contribution >= 4 is 17.7 Å². The average molecular weight is 276 g/mol. The van der Waals surface area contributed by atoms with Crippen LogP contribution in [0.2, 0.25) is 0 Å². The summed E-state index contributed by atoms with van der Waals surface area (Å²) in [6.45, 7) is 0.0392. The molecule has 0 fully saturated rings. The van der Waals surface area contributed by atoms with Crippen LogP contribution >= 0.6 is 0 Å². The lowest BCUT2D eigenvalue weighted by atomic mass is 10.3. The second kappa shape index (κ2) is 6.62. The van der Waals surface area contributed by atoms with E-state index in [1.165, 1.54) is 0 Å². The van der Waals surface area contributed by atoms with E-state index in [1.807, 2.05) is 5.32 Å². The first-order chi connectivity index (χ1) is 8.90. The maximum absolute atomic E-state index is 13.2. The van der Waals surface area contributed by atoms with Crippen LogP contribution < -0.4 is 10.6 Å². The number of hydrogen-bond acceptors (Lipinski definition) is 2. The number of amides is 2. The van der Waals surface area contributed by atoms with Gasteiger partial charge in [0, 0.05) is 25.1 Å². The van der Waals surface area contributed by atoms with Crippen LogP contribution in [0.3, 0.4) is 0 Å². The molecule has 0 aromatic heterocycles. The molecule has 1 aromatic carbocycles. The second-order valence-corrected chi connectivity index (χ2v) is 3.63. The van der Waals surface area contributed by atoms with E-state index >= 15 is 0 Å². The minimum Gasteiger partial charge on any atom is -0.481 e. The molecule has 0 atom stereocenters.